The zero-order valence-corrected chi connectivity index (χ0v) is 19.0. The molecule has 0 saturated carbocycles. The van der Waals surface area contributed by atoms with E-state index in [-0.39, 0.29) is 17.4 Å². The lowest BCUT2D eigenvalue weighted by atomic mass is 10.0. The highest BCUT2D eigenvalue weighted by Crippen LogP contribution is 2.35. The van der Waals surface area contributed by atoms with E-state index in [1.54, 1.807) is 31.2 Å². The Hall–Kier alpha value is -3.15. The van der Waals surface area contributed by atoms with Crippen molar-refractivity contribution in [2.75, 3.05) is 18.0 Å². The Morgan fingerprint density at radius 1 is 0.848 bits per heavy atom. The number of Topliss-reactive ketones (excluding diaryl/α,β-unsaturated/α-hetero) is 1. The molecule has 0 radical (unpaired) electrons. The van der Waals surface area contributed by atoms with Gasteiger partial charge in [-0.2, -0.15) is 0 Å². The highest BCUT2D eigenvalue weighted by molar-refractivity contribution is 5.79. The van der Waals surface area contributed by atoms with Crippen LogP contribution in [0.25, 0.3) is 22.5 Å². The van der Waals surface area contributed by atoms with Crippen molar-refractivity contribution in [1.29, 1.82) is 0 Å². The minimum Gasteiger partial charge on any atom is -0.355 e. The van der Waals surface area contributed by atoms with Crippen molar-refractivity contribution in [3.8, 4) is 22.5 Å². The zero-order chi connectivity index (χ0) is 23.2. The summed E-state index contributed by atoms with van der Waals surface area (Å²) in [6, 6.07) is 12.5. The van der Waals surface area contributed by atoms with E-state index in [1.807, 2.05) is 0 Å². The summed E-state index contributed by atoms with van der Waals surface area (Å²) < 4.78 is 27.1. The van der Waals surface area contributed by atoms with Gasteiger partial charge < -0.3 is 9.69 Å². The quantitative estimate of drug-likeness (QED) is 0.356. The SMILES string of the molecule is CC(=O)CCCCCCN1CCCc2nc(-c3ccc(F)cc3)c(-c3ccc(F)cc3)nc21. The van der Waals surface area contributed by atoms with Gasteiger partial charge in [0.2, 0.25) is 0 Å². The number of carbonyl (C=O) groups excluding carboxylic acids is 1. The van der Waals surface area contributed by atoms with Crippen molar-refractivity contribution in [1.82, 2.24) is 9.97 Å². The van der Waals surface area contributed by atoms with Gasteiger partial charge in [0.05, 0.1) is 17.1 Å². The maximum atomic E-state index is 13.6. The zero-order valence-electron chi connectivity index (χ0n) is 19.0. The highest BCUT2D eigenvalue weighted by Gasteiger charge is 2.23. The summed E-state index contributed by atoms with van der Waals surface area (Å²) >= 11 is 0. The molecule has 1 aliphatic rings. The number of rotatable bonds is 9. The molecule has 172 valence electrons. The van der Waals surface area contributed by atoms with Crippen molar-refractivity contribution in [2.45, 2.75) is 51.9 Å². The van der Waals surface area contributed by atoms with E-state index >= 15 is 0 Å². The first kappa shape index (κ1) is 23.0. The number of ketones is 1. The first-order chi connectivity index (χ1) is 16.0. The molecule has 1 aliphatic heterocycles. The number of hydrogen-bond donors (Lipinski definition) is 0. The van der Waals surface area contributed by atoms with Crippen LogP contribution in [0.15, 0.2) is 48.5 Å². The Morgan fingerprint density at radius 2 is 1.42 bits per heavy atom. The molecule has 1 aromatic heterocycles. The number of aromatic nitrogens is 2. The molecule has 0 amide bonds. The van der Waals surface area contributed by atoms with Crippen LogP contribution in [0.4, 0.5) is 14.6 Å². The maximum absolute atomic E-state index is 13.6. The van der Waals surface area contributed by atoms with Gasteiger partial charge in [0.15, 0.2) is 5.82 Å². The lowest BCUT2D eigenvalue weighted by Crippen LogP contribution is -2.32. The highest BCUT2D eigenvalue weighted by atomic mass is 19.1. The summed E-state index contributed by atoms with van der Waals surface area (Å²) in [7, 11) is 0. The Morgan fingerprint density at radius 3 is 2.03 bits per heavy atom. The minimum atomic E-state index is -0.306. The molecule has 0 unspecified atom stereocenters. The number of halogens is 2. The monoisotopic (exact) mass is 449 g/mol. The van der Waals surface area contributed by atoms with Crippen molar-refractivity contribution < 1.29 is 13.6 Å². The first-order valence-electron chi connectivity index (χ1n) is 11.7. The third-order valence-electron chi connectivity index (χ3n) is 6.03. The van der Waals surface area contributed by atoms with E-state index in [9.17, 15) is 13.6 Å². The van der Waals surface area contributed by atoms with E-state index in [2.05, 4.69) is 4.90 Å². The third kappa shape index (κ3) is 5.81. The first-order valence-corrected chi connectivity index (χ1v) is 11.7. The Kier molecular flexibility index (Phi) is 7.43. The van der Waals surface area contributed by atoms with Crippen LogP contribution in [0.1, 0.15) is 51.1 Å². The fourth-order valence-electron chi connectivity index (χ4n) is 4.29. The van der Waals surface area contributed by atoms with Crippen LogP contribution in [0.2, 0.25) is 0 Å². The Balaban J connectivity index is 1.62. The summed E-state index contributed by atoms with van der Waals surface area (Å²) in [6.45, 7) is 3.45. The Bertz CT molecular complexity index is 1100. The van der Waals surface area contributed by atoms with E-state index in [4.69, 9.17) is 9.97 Å². The van der Waals surface area contributed by atoms with Gasteiger partial charge in [-0.3, -0.25) is 0 Å². The van der Waals surface area contributed by atoms with Crippen LogP contribution < -0.4 is 4.90 Å². The molecule has 2 aromatic carbocycles. The second kappa shape index (κ2) is 10.6. The molecule has 0 aliphatic carbocycles. The van der Waals surface area contributed by atoms with Crippen molar-refractivity contribution in [2.24, 2.45) is 0 Å². The van der Waals surface area contributed by atoms with Gasteiger partial charge >= 0.3 is 0 Å². The van der Waals surface area contributed by atoms with Gasteiger partial charge in [-0.05, 0) is 81.1 Å². The van der Waals surface area contributed by atoms with E-state index in [0.717, 1.165) is 74.3 Å². The largest absolute Gasteiger partial charge is 0.355 e. The molecular formula is C27H29F2N3O. The van der Waals surface area contributed by atoms with Crippen molar-refractivity contribution >= 4 is 11.6 Å². The fraction of sp³-hybridized carbons (Fsp3) is 0.370. The number of benzene rings is 2. The summed E-state index contributed by atoms with van der Waals surface area (Å²) in [5.41, 5.74) is 3.87. The van der Waals surface area contributed by atoms with Gasteiger partial charge in [0, 0.05) is 30.6 Å². The molecule has 3 aromatic rings. The summed E-state index contributed by atoms with van der Waals surface area (Å²) in [5, 5.41) is 0. The minimum absolute atomic E-state index is 0.250. The molecule has 0 saturated heterocycles. The standard InChI is InChI=1S/C27H29F2N3O/c1-19(33)7-4-2-3-5-17-32-18-6-8-24-27(32)31-26(21-11-15-23(29)16-12-21)25(30-24)20-9-13-22(28)14-10-20/h9-16H,2-8,17-18H2,1H3. The van der Waals surface area contributed by atoms with Crippen LogP contribution in [-0.4, -0.2) is 28.8 Å². The van der Waals surface area contributed by atoms with Gasteiger partial charge in [-0.25, -0.2) is 18.7 Å². The van der Waals surface area contributed by atoms with Gasteiger partial charge in [0.25, 0.3) is 0 Å². The normalized spacial score (nSPS) is 13.1. The van der Waals surface area contributed by atoms with Gasteiger partial charge in [0.1, 0.15) is 17.4 Å². The number of unbranched alkanes of at least 4 members (excludes halogenated alkanes) is 3. The molecule has 0 bridgehead atoms. The fourth-order valence-corrected chi connectivity index (χ4v) is 4.29. The number of anilines is 1. The second-order valence-electron chi connectivity index (χ2n) is 8.66. The van der Waals surface area contributed by atoms with Gasteiger partial charge in [-0.1, -0.05) is 12.8 Å². The number of hydrogen-bond acceptors (Lipinski definition) is 4. The molecule has 33 heavy (non-hydrogen) atoms. The average molecular weight is 450 g/mol. The number of carbonyl (C=O) groups is 1. The number of nitrogens with zero attached hydrogens (tertiary/aromatic N) is 3. The topological polar surface area (TPSA) is 46.1 Å². The van der Waals surface area contributed by atoms with Gasteiger partial charge in [-0.15, -0.1) is 0 Å². The van der Waals surface area contributed by atoms with Crippen LogP contribution >= 0.6 is 0 Å². The molecule has 4 rings (SSSR count). The van der Waals surface area contributed by atoms with Crippen LogP contribution in [-0.2, 0) is 11.2 Å². The summed E-state index contributed by atoms with van der Waals surface area (Å²) in [6.07, 6.45) is 6.61. The Labute approximate surface area is 193 Å². The van der Waals surface area contributed by atoms with E-state index in [1.165, 1.54) is 24.3 Å². The van der Waals surface area contributed by atoms with Crippen LogP contribution in [0, 0.1) is 11.6 Å². The lowest BCUT2D eigenvalue weighted by molar-refractivity contribution is -0.117. The van der Waals surface area contributed by atoms with Crippen molar-refractivity contribution in [3.05, 3.63) is 65.9 Å². The third-order valence-corrected chi connectivity index (χ3v) is 6.03. The number of aryl methyl sites for hydroxylation is 1. The predicted octanol–water partition coefficient (Wildman–Crippen LogP) is 6.38. The lowest BCUT2D eigenvalue weighted by Gasteiger charge is -2.30. The maximum Gasteiger partial charge on any atom is 0.151 e. The van der Waals surface area contributed by atoms with Crippen LogP contribution in [0.5, 0.6) is 0 Å². The summed E-state index contributed by atoms with van der Waals surface area (Å²) in [5.74, 6) is 0.526. The van der Waals surface area contributed by atoms with E-state index in [0.29, 0.717) is 17.8 Å². The van der Waals surface area contributed by atoms with E-state index < -0.39 is 0 Å². The molecule has 0 fully saturated rings. The predicted molar refractivity (Wildman–Crippen MR) is 127 cm³/mol. The molecule has 0 N–H and O–H groups in total. The average Bonchev–Trinajstić information content (AvgIpc) is 2.81. The molecular weight excluding hydrogens is 420 g/mol. The second-order valence-corrected chi connectivity index (χ2v) is 8.66. The summed E-state index contributed by atoms with van der Waals surface area (Å²) in [4.78, 5) is 23.4. The molecule has 0 atom stereocenters. The number of fused-ring (bicyclic) bond motifs is 1. The van der Waals surface area contributed by atoms with Crippen molar-refractivity contribution in [3.63, 3.8) is 0 Å². The molecule has 4 nitrogen and oxygen atoms in total. The molecule has 2 heterocycles. The molecule has 0 spiro atoms. The molecule has 6 heteroatoms. The smallest absolute Gasteiger partial charge is 0.151 e. The van der Waals surface area contributed by atoms with Crippen LogP contribution in [0.3, 0.4) is 0 Å².